The summed E-state index contributed by atoms with van der Waals surface area (Å²) in [5.74, 6) is -1.91. The fraction of sp³-hybridized carbons (Fsp3) is 0.515. The first-order valence-electron chi connectivity index (χ1n) is 15.6. The Morgan fingerprint density at radius 3 is 2.26 bits per heavy atom. The average Bonchev–Trinajstić information content (AvgIpc) is 3.65. The van der Waals surface area contributed by atoms with E-state index < -0.39 is 11.9 Å². The number of aliphatic carboxylic acids is 2. The van der Waals surface area contributed by atoms with Crippen LogP contribution in [0.2, 0.25) is 0 Å². The fourth-order valence-electron chi connectivity index (χ4n) is 6.82. The Morgan fingerprint density at radius 2 is 1.63 bits per heavy atom. The highest BCUT2D eigenvalue weighted by molar-refractivity contribution is 7.80. The molecule has 250 valence electrons. The first-order valence-corrected chi connectivity index (χ1v) is 16.9. The molecule has 5 atom stereocenters. The van der Waals surface area contributed by atoms with Gasteiger partial charge in [-0.15, -0.1) is 0 Å². The molecule has 2 amide bonds. The molecular formula is C33H44N4O7S2. The molecule has 7 N–H and O–H groups in total. The first kappa shape index (κ1) is 35.3. The van der Waals surface area contributed by atoms with Gasteiger partial charge >= 0.3 is 11.9 Å². The van der Waals surface area contributed by atoms with Crippen molar-refractivity contribution in [3.05, 3.63) is 56.7 Å². The van der Waals surface area contributed by atoms with E-state index in [4.69, 9.17) is 0 Å². The molecule has 0 aromatic carbocycles. The predicted octanol–water partition coefficient (Wildman–Crippen LogP) is 4.14. The molecule has 2 saturated heterocycles. The van der Waals surface area contributed by atoms with Gasteiger partial charge in [-0.2, -0.15) is 25.3 Å². The number of hydrogen-bond donors (Lipinski definition) is 9. The van der Waals surface area contributed by atoms with Crippen molar-refractivity contribution in [2.24, 2.45) is 17.8 Å². The van der Waals surface area contributed by atoms with Gasteiger partial charge in [0.2, 0.25) is 11.8 Å². The third-order valence-electron chi connectivity index (χ3n) is 9.58. The van der Waals surface area contributed by atoms with Gasteiger partial charge < -0.3 is 36.3 Å². The number of nitrogens with one attached hydrogen (secondary N) is 4. The van der Waals surface area contributed by atoms with E-state index in [1.165, 1.54) is 0 Å². The Kier molecular flexibility index (Phi) is 11.4. The Hall–Kier alpha value is -3.58. The zero-order valence-corrected chi connectivity index (χ0v) is 28.4. The van der Waals surface area contributed by atoms with Crippen molar-refractivity contribution in [2.45, 2.75) is 78.3 Å². The third-order valence-corrected chi connectivity index (χ3v) is 10.0. The second-order valence-electron chi connectivity index (χ2n) is 12.3. The lowest BCUT2D eigenvalue weighted by molar-refractivity contribution is -0.138. The molecule has 11 nitrogen and oxygen atoms in total. The van der Waals surface area contributed by atoms with E-state index in [2.05, 4.69) is 46.2 Å². The minimum absolute atomic E-state index is 0.0258. The largest absolute Gasteiger partial charge is 0.504 e. The molecule has 4 heterocycles. The van der Waals surface area contributed by atoms with Gasteiger partial charge in [-0.3, -0.25) is 19.2 Å². The number of hydrogen-bond acceptors (Lipinski definition) is 8. The van der Waals surface area contributed by atoms with Gasteiger partial charge in [-0.1, -0.05) is 19.9 Å². The number of carbonyl (C=O) groups is 4. The lowest BCUT2D eigenvalue weighted by atomic mass is 9.90. The monoisotopic (exact) mass is 672 g/mol. The number of H-pyrrole nitrogens is 1. The van der Waals surface area contributed by atoms with Crippen molar-refractivity contribution in [1.29, 1.82) is 0 Å². The normalized spacial score (nSPS) is 27.4. The molecule has 0 bridgehead atoms. The standard InChI is InChI=1S/C33H44N4O7S2/c1-15-19(5-7-27(38)39)25(34-23(15)13-24-16(2)22(10-12-46)33(44)36-24)14-26-20(6-8-28(40)41)17(3)29(35-26)31(42)30-21(9-11-45)18(4)32(43)37-30/h10,14,16,18,21,23-24,34-35,42,45-46H,5-9,11-13H2,1-4H3,(H,36,44)(H,37,43)(H,38,39)(H,40,41)/b22-10-,25-14+,31-30+/t16?,18-,21-,23?,24-/m1/s1. The number of carboxylic acid groups (broad SMARTS) is 2. The second kappa shape index (κ2) is 14.9. The molecule has 2 fully saturated rings. The van der Waals surface area contributed by atoms with Crippen LogP contribution in [0.25, 0.3) is 11.8 Å². The van der Waals surface area contributed by atoms with Crippen molar-refractivity contribution in [1.82, 2.24) is 20.9 Å². The van der Waals surface area contributed by atoms with Crippen LogP contribution in [0.3, 0.4) is 0 Å². The highest BCUT2D eigenvalue weighted by atomic mass is 32.1. The number of carbonyl (C=O) groups excluding carboxylic acids is 2. The molecule has 4 rings (SSSR count). The van der Waals surface area contributed by atoms with E-state index in [-0.39, 0.29) is 73.1 Å². The van der Waals surface area contributed by atoms with Gasteiger partial charge in [-0.25, -0.2) is 0 Å². The average molecular weight is 673 g/mol. The summed E-state index contributed by atoms with van der Waals surface area (Å²) < 4.78 is 0. The summed E-state index contributed by atoms with van der Waals surface area (Å²) in [6.45, 7) is 7.57. The van der Waals surface area contributed by atoms with Gasteiger partial charge in [0, 0.05) is 65.4 Å². The van der Waals surface area contributed by atoms with Gasteiger partial charge in [0.05, 0.1) is 11.4 Å². The van der Waals surface area contributed by atoms with Gasteiger partial charge in [0.25, 0.3) is 0 Å². The molecule has 0 spiro atoms. The summed E-state index contributed by atoms with van der Waals surface area (Å²) >= 11 is 8.58. The van der Waals surface area contributed by atoms with Crippen LogP contribution >= 0.6 is 25.3 Å². The third kappa shape index (κ3) is 7.35. The van der Waals surface area contributed by atoms with Crippen LogP contribution in [0.1, 0.15) is 75.4 Å². The molecule has 13 heteroatoms. The van der Waals surface area contributed by atoms with E-state index in [9.17, 15) is 34.5 Å². The lowest BCUT2D eigenvalue weighted by Gasteiger charge is -2.21. The second-order valence-corrected chi connectivity index (χ2v) is 13.1. The van der Waals surface area contributed by atoms with E-state index >= 15 is 0 Å². The first-order chi connectivity index (χ1) is 21.8. The Labute approximate surface area is 279 Å². The molecule has 3 aliphatic rings. The van der Waals surface area contributed by atoms with Gasteiger partial charge in [-0.05, 0) is 73.6 Å². The highest BCUT2D eigenvalue weighted by Crippen LogP contribution is 2.38. The predicted molar refractivity (Wildman–Crippen MR) is 182 cm³/mol. The van der Waals surface area contributed by atoms with Crippen LogP contribution in [-0.4, -0.2) is 67.6 Å². The van der Waals surface area contributed by atoms with E-state index in [0.717, 1.165) is 11.1 Å². The topological polar surface area (TPSA) is 181 Å². The molecular weight excluding hydrogens is 629 g/mol. The zero-order valence-electron chi connectivity index (χ0n) is 26.6. The summed E-state index contributed by atoms with van der Waals surface area (Å²) in [4.78, 5) is 51.6. The number of aliphatic hydroxyl groups excluding tert-OH is 1. The zero-order chi connectivity index (χ0) is 33.9. The summed E-state index contributed by atoms with van der Waals surface area (Å²) in [6.07, 6.45) is 5.07. The summed E-state index contributed by atoms with van der Waals surface area (Å²) in [5.41, 5.74) is 5.93. The van der Waals surface area contributed by atoms with Crippen molar-refractivity contribution in [3.63, 3.8) is 0 Å². The SMILES string of the molecule is CC1=C(CCC(=O)O)/C(=C\c2[nH]c(/C(O)=C3\NC(=O)[C@H](C)[C@H]3CCS)c(C)c2CCC(=O)O)NC1C[C@H]1NC(=O)/C(=C\CS)C1C. The summed E-state index contributed by atoms with van der Waals surface area (Å²) in [6, 6.07) is -0.307. The quantitative estimate of drug-likeness (QED) is 0.0852. The maximum absolute atomic E-state index is 12.6. The number of rotatable bonds is 13. The highest BCUT2D eigenvalue weighted by Gasteiger charge is 2.39. The molecule has 0 aliphatic carbocycles. The van der Waals surface area contributed by atoms with Crippen LogP contribution in [0, 0.1) is 24.7 Å². The van der Waals surface area contributed by atoms with E-state index in [0.29, 0.717) is 63.8 Å². The van der Waals surface area contributed by atoms with Crippen LogP contribution in [0.5, 0.6) is 0 Å². The minimum atomic E-state index is -0.968. The smallest absolute Gasteiger partial charge is 0.303 e. The number of thiol groups is 2. The summed E-state index contributed by atoms with van der Waals surface area (Å²) in [7, 11) is 0. The van der Waals surface area contributed by atoms with E-state index in [1.807, 2.05) is 32.9 Å². The van der Waals surface area contributed by atoms with Crippen molar-refractivity contribution in [2.75, 3.05) is 11.5 Å². The van der Waals surface area contributed by atoms with Gasteiger partial charge in [0.15, 0.2) is 5.76 Å². The molecule has 3 aliphatic heterocycles. The molecule has 1 aromatic rings. The molecule has 2 unspecified atom stereocenters. The molecule has 46 heavy (non-hydrogen) atoms. The number of aliphatic hydroxyl groups is 1. The number of aromatic amines is 1. The van der Waals surface area contributed by atoms with Crippen molar-refractivity contribution >= 4 is 60.8 Å². The van der Waals surface area contributed by atoms with E-state index in [1.54, 1.807) is 6.92 Å². The Morgan fingerprint density at radius 1 is 0.957 bits per heavy atom. The van der Waals surface area contributed by atoms with Gasteiger partial charge in [0.1, 0.15) is 0 Å². The Balaban J connectivity index is 1.76. The number of amides is 2. The maximum Gasteiger partial charge on any atom is 0.303 e. The van der Waals surface area contributed by atoms with Crippen LogP contribution < -0.4 is 16.0 Å². The minimum Gasteiger partial charge on any atom is -0.504 e. The Bertz CT molecular complexity index is 1540. The van der Waals surface area contributed by atoms with Crippen molar-refractivity contribution < 1.29 is 34.5 Å². The maximum atomic E-state index is 12.6. The molecule has 0 saturated carbocycles. The molecule has 0 radical (unpaired) electrons. The lowest BCUT2D eigenvalue weighted by Crippen LogP contribution is -2.36. The summed E-state index contributed by atoms with van der Waals surface area (Å²) in [5, 5.41) is 39.9. The number of allylic oxidation sites excluding steroid dienone is 2. The number of carboxylic acids is 2. The fourth-order valence-corrected chi connectivity index (χ4v) is 7.29. The van der Waals surface area contributed by atoms with Crippen LogP contribution in [-0.2, 0) is 25.6 Å². The van der Waals surface area contributed by atoms with Crippen LogP contribution in [0.4, 0.5) is 0 Å². The molecule has 1 aromatic heterocycles. The van der Waals surface area contributed by atoms with Crippen LogP contribution in [0.15, 0.2) is 34.2 Å². The van der Waals surface area contributed by atoms with Crippen molar-refractivity contribution in [3.8, 4) is 0 Å². The number of aromatic nitrogens is 1.